The molecule has 0 saturated heterocycles. The van der Waals surface area contributed by atoms with Crippen LogP contribution in [0.2, 0.25) is 0 Å². The molecular formula is C11H10F4N2OS. The Morgan fingerprint density at radius 1 is 1.42 bits per heavy atom. The third kappa shape index (κ3) is 3.88. The van der Waals surface area contributed by atoms with Crippen molar-refractivity contribution in [3.05, 3.63) is 35.1 Å². The minimum Gasteiger partial charge on any atom is -0.392 e. The third-order valence-electron chi connectivity index (χ3n) is 2.31. The number of nitrogens with one attached hydrogen (secondary N) is 1. The van der Waals surface area contributed by atoms with Crippen LogP contribution in [-0.2, 0) is 6.18 Å². The molecule has 0 radical (unpaired) electrons. The summed E-state index contributed by atoms with van der Waals surface area (Å²) in [5.74, 6) is -2.07. The van der Waals surface area contributed by atoms with Gasteiger partial charge in [0.05, 0.1) is 22.2 Å². The lowest BCUT2D eigenvalue weighted by Gasteiger charge is -2.14. The maximum atomic E-state index is 13.4. The van der Waals surface area contributed by atoms with E-state index in [0.717, 1.165) is 0 Å². The van der Waals surface area contributed by atoms with E-state index < -0.39 is 35.1 Å². The minimum atomic E-state index is -4.66. The summed E-state index contributed by atoms with van der Waals surface area (Å²) in [4.78, 5) is 11.6. The largest absolute Gasteiger partial charge is 0.416 e. The molecule has 0 aliphatic rings. The summed E-state index contributed by atoms with van der Waals surface area (Å²) >= 11 is 4.59. The van der Waals surface area contributed by atoms with Gasteiger partial charge in [0.2, 0.25) is 0 Å². The number of carbonyl (C=O) groups is 1. The van der Waals surface area contributed by atoms with E-state index >= 15 is 0 Å². The van der Waals surface area contributed by atoms with Crippen molar-refractivity contribution in [1.82, 2.24) is 5.32 Å². The van der Waals surface area contributed by atoms with Gasteiger partial charge in [0.15, 0.2) is 0 Å². The number of benzene rings is 1. The SMILES string of the molecule is CC(NC(=O)c1cc(C(F)(F)F)ccc1F)C(N)=S. The van der Waals surface area contributed by atoms with Crippen LogP contribution in [0, 0.1) is 5.82 Å². The average Bonchev–Trinajstić information content (AvgIpc) is 2.27. The van der Waals surface area contributed by atoms with Crippen molar-refractivity contribution in [2.45, 2.75) is 19.1 Å². The molecular weight excluding hydrogens is 284 g/mol. The lowest BCUT2D eigenvalue weighted by atomic mass is 10.1. The molecule has 0 aliphatic carbocycles. The van der Waals surface area contributed by atoms with Gasteiger partial charge in [-0.15, -0.1) is 0 Å². The zero-order valence-corrected chi connectivity index (χ0v) is 10.5. The number of halogens is 4. The number of carbonyl (C=O) groups excluding carboxylic acids is 1. The van der Waals surface area contributed by atoms with Crippen molar-refractivity contribution in [3.8, 4) is 0 Å². The molecule has 1 rings (SSSR count). The van der Waals surface area contributed by atoms with Gasteiger partial charge in [-0.2, -0.15) is 13.2 Å². The van der Waals surface area contributed by atoms with Gasteiger partial charge in [0.25, 0.3) is 5.91 Å². The monoisotopic (exact) mass is 294 g/mol. The summed E-state index contributed by atoms with van der Waals surface area (Å²) in [6, 6.07) is 0.833. The maximum Gasteiger partial charge on any atom is 0.416 e. The molecule has 0 heterocycles. The number of thiocarbonyl (C=S) groups is 1. The molecule has 0 aliphatic heterocycles. The van der Waals surface area contributed by atoms with Crippen LogP contribution in [0.1, 0.15) is 22.8 Å². The van der Waals surface area contributed by atoms with Gasteiger partial charge in [0, 0.05) is 0 Å². The third-order valence-corrected chi connectivity index (χ3v) is 2.67. The molecule has 19 heavy (non-hydrogen) atoms. The van der Waals surface area contributed by atoms with Gasteiger partial charge in [-0.05, 0) is 25.1 Å². The van der Waals surface area contributed by atoms with Gasteiger partial charge in [0.1, 0.15) is 5.82 Å². The van der Waals surface area contributed by atoms with Crippen molar-refractivity contribution in [2.24, 2.45) is 5.73 Å². The molecule has 1 aromatic rings. The molecule has 0 spiro atoms. The highest BCUT2D eigenvalue weighted by Crippen LogP contribution is 2.30. The fraction of sp³-hybridized carbons (Fsp3) is 0.273. The molecule has 0 saturated carbocycles. The fourth-order valence-electron chi connectivity index (χ4n) is 1.22. The summed E-state index contributed by atoms with van der Waals surface area (Å²) in [5, 5.41) is 2.20. The highest BCUT2D eigenvalue weighted by Gasteiger charge is 2.32. The van der Waals surface area contributed by atoms with Crippen molar-refractivity contribution >= 4 is 23.1 Å². The van der Waals surface area contributed by atoms with E-state index in [0.29, 0.717) is 18.2 Å². The molecule has 1 amide bonds. The van der Waals surface area contributed by atoms with E-state index in [2.05, 4.69) is 17.5 Å². The topological polar surface area (TPSA) is 55.1 Å². The molecule has 8 heteroatoms. The Kier molecular flexibility index (Phi) is 4.46. The first-order valence-corrected chi connectivity index (χ1v) is 5.50. The number of alkyl halides is 3. The van der Waals surface area contributed by atoms with E-state index in [1.54, 1.807) is 0 Å². The summed E-state index contributed by atoms with van der Waals surface area (Å²) in [5.41, 5.74) is 3.42. The molecule has 1 aromatic carbocycles. The first kappa shape index (κ1) is 15.4. The van der Waals surface area contributed by atoms with Crippen molar-refractivity contribution in [2.75, 3.05) is 0 Å². The molecule has 1 unspecified atom stereocenters. The zero-order chi connectivity index (χ0) is 14.8. The highest BCUT2D eigenvalue weighted by molar-refractivity contribution is 7.80. The van der Waals surface area contributed by atoms with Crippen LogP contribution >= 0.6 is 12.2 Å². The lowest BCUT2D eigenvalue weighted by molar-refractivity contribution is -0.137. The zero-order valence-electron chi connectivity index (χ0n) is 9.72. The Labute approximate surface area is 111 Å². The fourth-order valence-corrected chi connectivity index (χ4v) is 1.28. The van der Waals surface area contributed by atoms with E-state index in [1.807, 2.05) is 0 Å². The molecule has 0 fully saturated rings. The van der Waals surface area contributed by atoms with E-state index in [9.17, 15) is 22.4 Å². The molecule has 3 N–H and O–H groups in total. The Bertz CT molecular complexity index is 516. The number of hydrogen-bond donors (Lipinski definition) is 2. The van der Waals surface area contributed by atoms with Crippen LogP contribution in [0.15, 0.2) is 18.2 Å². The van der Waals surface area contributed by atoms with Gasteiger partial charge in [-0.25, -0.2) is 4.39 Å². The van der Waals surface area contributed by atoms with E-state index in [4.69, 9.17) is 5.73 Å². The Morgan fingerprint density at radius 2 is 2.00 bits per heavy atom. The number of nitrogens with two attached hydrogens (primary N) is 1. The second-order valence-corrected chi connectivity index (χ2v) is 4.26. The van der Waals surface area contributed by atoms with Crippen LogP contribution < -0.4 is 11.1 Å². The van der Waals surface area contributed by atoms with Crippen LogP contribution in [0.3, 0.4) is 0 Å². The Morgan fingerprint density at radius 3 is 2.47 bits per heavy atom. The van der Waals surface area contributed by atoms with Crippen molar-refractivity contribution in [1.29, 1.82) is 0 Å². The van der Waals surface area contributed by atoms with Gasteiger partial charge in [-0.3, -0.25) is 4.79 Å². The summed E-state index contributed by atoms with van der Waals surface area (Å²) in [6.45, 7) is 1.44. The van der Waals surface area contributed by atoms with Crippen LogP contribution in [0.5, 0.6) is 0 Å². The van der Waals surface area contributed by atoms with Gasteiger partial charge >= 0.3 is 6.18 Å². The molecule has 0 bridgehead atoms. The predicted octanol–water partition coefficient (Wildman–Crippen LogP) is 2.25. The Hall–Kier alpha value is -1.70. The number of hydrogen-bond acceptors (Lipinski definition) is 2. The standard InChI is InChI=1S/C11H10F4N2OS/c1-5(9(16)19)17-10(18)7-4-6(11(13,14)15)2-3-8(7)12/h2-5H,1H3,(H2,16,19)(H,17,18). The highest BCUT2D eigenvalue weighted by atomic mass is 32.1. The first-order chi connectivity index (χ1) is 8.62. The predicted molar refractivity (Wildman–Crippen MR) is 65.1 cm³/mol. The Balaban J connectivity index is 3.06. The van der Waals surface area contributed by atoms with Crippen LogP contribution in [0.4, 0.5) is 17.6 Å². The van der Waals surface area contributed by atoms with E-state index in [-0.39, 0.29) is 4.99 Å². The van der Waals surface area contributed by atoms with Gasteiger partial charge < -0.3 is 11.1 Å². The normalized spacial score (nSPS) is 12.9. The lowest BCUT2D eigenvalue weighted by Crippen LogP contribution is -2.41. The van der Waals surface area contributed by atoms with Crippen molar-refractivity contribution in [3.63, 3.8) is 0 Å². The molecule has 1 atom stereocenters. The van der Waals surface area contributed by atoms with Crippen molar-refractivity contribution < 1.29 is 22.4 Å². The molecule has 0 aromatic heterocycles. The maximum absolute atomic E-state index is 13.4. The summed E-state index contributed by atoms with van der Waals surface area (Å²) in [6.07, 6.45) is -4.66. The van der Waals surface area contributed by atoms with E-state index in [1.165, 1.54) is 6.92 Å². The quantitative estimate of drug-likeness (QED) is 0.664. The second kappa shape index (κ2) is 5.52. The molecule has 104 valence electrons. The second-order valence-electron chi connectivity index (χ2n) is 3.79. The number of rotatable bonds is 3. The average molecular weight is 294 g/mol. The summed E-state index contributed by atoms with van der Waals surface area (Å²) in [7, 11) is 0. The summed E-state index contributed by atoms with van der Waals surface area (Å²) < 4.78 is 50.7. The van der Waals surface area contributed by atoms with Crippen LogP contribution in [-0.4, -0.2) is 16.9 Å². The number of amides is 1. The first-order valence-electron chi connectivity index (χ1n) is 5.10. The molecule has 3 nitrogen and oxygen atoms in total. The smallest absolute Gasteiger partial charge is 0.392 e. The minimum absolute atomic E-state index is 0.0549. The van der Waals surface area contributed by atoms with Crippen LogP contribution in [0.25, 0.3) is 0 Å². The van der Waals surface area contributed by atoms with Gasteiger partial charge in [-0.1, -0.05) is 12.2 Å².